The Morgan fingerprint density at radius 2 is 1.96 bits per heavy atom. The number of nitrogens with zero attached hydrogens (tertiary/aromatic N) is 2. The molecule has 28 heavy (non-hydrogen) atoms. The standard InChI is InChI=1S/C20H25ClN4O2S/c1-13-7-9-25(10-8-13)11-17-12-28-20(23-17)24-18(26)14(2)22-19(27)15-3-5-16(21)6-4-15/h3-6,12-14H,7-11H2,1-2H3,(H,22,27)(H,23,24,26). The van der Waals surface area contributed by atoms with E-state index in [0.29, 0.717) is 15.7 Å². The van der Waals surface area contributed by atoms with Gasteiger partial charge in [0, 0.05) is 22.5 Å². The van der Waals surface area contributed by atoms with E-state index in [-0.39, 0.29) is 11.8 Å². The first kappa shape index (κ1) is 20.8. The van der Waals surface area contributed by atoms with Crippen LogP contribution in [0.15, 0.2) is 29.6 Å². The highest BCUT2D eigenvalue weighted by molar-refractivity contribution is 7.13. The van der Waals surface area contributed by atoms with Crippen LogP contribution in [-0.4, -0.2) is 40.8 Å². The summed E-state index contributed by atoms with van der Waals surface area (Å²) in [6, 6.07) is 5.84. The lowest BCUT2D eigenvalue weighted by Gasteiger charge is -2.29. The number of piperidine rings is 1. The van der Waals surface area contributed by atoms with Crippen molar-refractivity contribution in [3.63, 3.8) is 0 Å². The third-order valence-corrected chi connectivity index (χ3v) is 5.95. The molecule has 2 N–H and O–H groups in total. The minimum atomic E-state index is -0.681. The number of hydrogen-bond acceptors (Lipinski definition) is 5. The molecule has 1 aromatic heterocycles. The molecule has 1 atom stereocenters. The lowest BCUT2D eigenvalue weighted by Crippen LogP contribution is -2.41. The van der Waals surface area contributed by atoms with Crippen LogP contribution in [0.2, 0.25) is 5.02 Å². The largest absolute Gasteiger partial charge is 0.341 e. The lowest BCUT2D eigenvalue weighted by atomic mass is 9.99. The van der Waals surface area contributed by atoms with Gasteiger partial charge in [0.05, 0.1) is 5.69 Å². The normalized spacial score (nSPS) is 16.5. The van der Waals surface area contributed by atoms with Crippen molar-refractivity contribution in [3.05, 3.63) is 45.9 Å². The van der Waals surface area contributed by atoms with Gasteiger partial charge >= 0.3 is 0 Å². The van der Waals surface area contributed by atoms with Crippen molar-refractivity contribution < 1.29 is 9.59 Å². The zero-order chi connectivity index (χ0) is 20.1. The number of carbonyl (C=O) groups is 2. The number of nitrogens with one attached hydrogen (secondary N) is 2. The molecule has 0 saturated carbocycles. The summed E-state index contributed by atoms with van der Waals surface area (Å²) in [6.45, 7) is 6.93. The van der Waals surface area contributed by atoms with Crippen molar-refractivity contribution in [1.29, 1.82) is 0 Å². The third-order valence-electron chi connectivity index (χ3n) is 4.89. The van der Waals surface area contributed by atoms with Crippen molar-refractivity contribution >= 4 is 39.9 Å². The molecule has 0 aliphatic carbocycles. The number of benzene rings is 1. The highest BCUT2D eigenvalue weighted by Crippen LogP contribution is 2.21. The minimum absolute atomic E-state index is 0.296. The van der Waals surface area contributed by atoms with E-state index in [1.54, 1.807) is 31.2 Å². The van der Waals surface area contributed by atoms with Gasteiger partial charge in [-0.15, -0.1) is 11.3 Å². The van der Waals surface area contributed by atoms with Crippen LogP contribution < -0.4 is 10.6 Å². The summed E-state index contributed by atoms with van der Waals surface area (Å²) >= 11 is 7.23. The number of amides is 2. The number of thiazole rings is 1. The summed E-state index contributed by atoms with van der Waals surface area (Å²) in [7, 11) is 0. The summed E-state index contributed by atoms with van der Waals surface area (Å²) in [5.41, 5.74) is 1.42. The van der Waals surface area contributed by atoms with Crippen LogP contribution in [-0.2, 0) is 11.3 Å². The molecule has 1 unspecified atom stereocenters. The maximum atomic E-state index is 12.4. The maximum absolute atomic E-state index is 12.4. The van der Waals surface area contributed by atoms with Gasteiger partial charge in [0.25, 0.3) is 5.91 Å². The second-order valence-electron chi connectivity index (χ2n) is 7.29. The van der Waals surface area contributed by atoms with Crippen molar-refractivity contribution in [3.8, 4) is 0 Å². The van der Waals surface area contributed by atoms with Crippen molar-refractivity contribution in [2.75, 3.05) is 18.4 Å². The smallest absolute Gasteiger partial charge is 0.251 e. The van der Waals surface area contributed by atoms with Crippen LogP contribution >= 0.6 is 22.9 Å². The molecule has 2 aromatic rings. The molecule has 1 fully saturated rings. The number of aromatic nitrogens is 1. The van der Waals surface area contributed by atoms with Crippen LogP contribution in [0.25, 0.3) is 0 Å². The first-order chi connectivity index (χ1) is 13.4. The molecule has 150 valence electrons. The van der Waals surface area contributed by atoms with E-state index in [2.05, 4.69) is 27.4 Å². The molecule has 0 radical (unpaired) electrons. The Bertz CT molecular complexity index is 816. The zero-order valence-electron chi connectivity index (χ0n) is 16.1. The average molecular weight is 421 g/mol. The zero-order valence-corrected chi connectivity index (χ0v) is 17.6. The van der Waals surface area contributed by atoms with E-state index >= 15 is 0 Å². The van der Waals surface area contributed by atoms with Gasteiger partial charge in [0.1, 0.15) is 6.04 Å². The lowest BCUT2D eigenvalue weighted by molar-refractivity contribution is -0.117. The summed E-state index contributed by atoms with van der Waals surface area (Å²) < 4.78 is 0. The van der Waals surface area contributed by atoms with E-state index in [9.17, 15) is 9.59 Å². The summed E-state index contributed by atoms with van der Waals surface area (Å²) in [5, 5.41) is 8.56. The first-order valence-electron chi connectivity index (χ1n) is 9.45. The molecule has 0 spiro atoms. The third kappa shape index (κ3) is 5.77. The SMILES string of the molecule is CC1CCN(Cc2csc(NC(=O)C(C)NC(=O)c3ccc(Cl)cc3)n2)CC1. The van der Waals surface area contributed by atoms with E-state index in [0.717, 1.165) is 31.2 Å². The monoisotopic (exact) mass is 420 g/mol. The van der Waals surface area contributed by atoms with E-state index < -0.39 is 6.04 Å². The van der Waals surface area contributed by atoms with E-state index in [4.69, 9.17) is 11.6 Å². The van der Waals surface area contributed by atoms with Crippen molar-refractivity contribution in [2.24, 2.45) is 5.92 Å². The minimum Gasteiger partial charge on any atom is -0.341 e. The molecule has 8 heteroatoms. The molecule has 3 rings (SSSR count). The molecule has 1 aliphatic rings. The fraction of sp³-hybridized carbons (Fsp3) is 0.450. The van der Waals surface area contributed by atoms with Gasteiger partial charge in [-0.2, -0.15) is 0 Å². The van der Waals surface area contributed by atoms with Gasteiger partial charge in [-0.1, -0.05) is 18.5 Å². The molecule has 6 nitrogen and oxygen atoms in total. The average Bonchev–Trinajstić information content (AvgIpc) is 3.10. The highest BCUT2D eigenvalue weighted by Gasteiger charge is 2.19. The van der Waals surface area contributed by atoms with Crippen molar-refractivity contribution in [1.82, 2.24) is 15.2 Å². The Morgan fingerprint density at radius 1 is 1.29 bits per heavy atom. The number of likely N-dealkylation sites (tertiary alicyclic amines) is 1. The fourth-order valence-corrected chi connectivity index (χ4v) is 3.88. The molecule has 1 aliphatic heterocycles. The van der Waals surface area contributed by atoms with Crippen LogP contribution in [0.1, 0.15) is 42.7 Å². The van der Waals surface area contributed by atoms with E-state index in [1.807, 2.05) is 5.38 Å². The van der Waals surface area contributed by atoms with Crippen LogP contribution in [0, 0.1) is 5.92 Å². The summed E-state index contributed by atoms with van der Waals surface area (Å²) in [5.74, 6) is 0.180. The summed E-state index contributed by atoms with van der Waals surface area (Å²) in [4.78, 5) is 31.5. The van der Waals surface area contributed by atoms with Gasteiger partial charge in [-0.25, -0.2) is 4.98 Å². The fourth-order valence-electron chi connectivity index (χ4n) is 3.05. The molecule has 1 saturated heterocycles. The Hall–Kier alpha value is -1.96. The van der Waals surface area contributed by atoms with Crippen LogP contribution in [0.4, 0.5) is 5.13 Å². The quantitative estimate of drug-likeness (QED) is 0.745. The van der Waals surface area contributed by atoms with Gasteiger partial charge in [-0.3, -0.25) is 14.5 Å². The highest BCUT2D eigenvalue weighted by atomic mass is 35.5. The Kier molecular flexibility index (Phi) is 7.04. The first-order valence-corrected chi connectivity index (χ1v) is 10.7. The number of anilines is 1. The van der Waals surface area contributed by atoms with Crippen LogP contribution in [0.5, 0.6) is 0 Å². The number of rotatable bonds is 6. The predicted molar refractivity (Wildman–Crippen MR) is 113 cm³/mol. The Balaban J connectivity index is 1.49. The molecule has 1 aromatic carbocycles. The number of halogens is 1. The predicted octanol–water partition coefficient (Wildman–Crippen LogP) is 3.79. The molecular weight excluding hydrogens is 396 g/mol. The second-order valence-corrected chi connectivity index (χ2v) is 8.59. The Labute approximate surface area is 174 Å². The van der Waals surface area contributed by atoms with Gasteiger partial charge < -0.3 is 10.6 Å². The topological polar surface area (TPSA) is 74.3 Å². The number of carbonyl (C=O) groups excluding carboxylic acids is 2. The molecular formula is C20H25ClN4O2S. The molecule has 2 amide bonds. The van der Waals surface area contributed by atoms with Crippen molar-refractivity contribution in [2.45, 2.75) is 39.3 Å². The molecule has 0 bridgehead atoms. The Morgan fingerprint density at radius 3 is 2.64 bits per heavy atom. The number of hydrogen-bond donors (Lipinski definition) is 2. The van der Waals surface area contributed by atoms with Gasteiger partial charge in [0.2, 0.25) is 5.91 Å². The van der Waals surface area contributed by atoms with Gasteiger partial charge in [0.15, 0.2) is 5.13 Å². The molecule has 2 heterocycles. The summed E-state index contributed by atoms with van der Waals surface area (Å²) in [6.07, 6.45) is 2.44. The van der Waals surface area contributed by atoms with E-state index in [1.165, 1.54) is 24.2 Å². The maximum Gasteiger partial charge on any atom is 0.251 e. The second kappa shape index (κ2) is 9.49. The van der Waals surface area contributed by atoms with Crippen LogP contribution in [0.3, 0.4) is 0 Å². The van der Waals surface area contributed by atoms with Gasteiger partial charge in [-0.05, 0) is 63.0 Å².